The average Bonchev–Trinajstić information content (AvgIpc) is 2.11. The second-order valence-corrected chi connectivity index (χ2v) is 3.32. The van der Waals surface area contributed by atoms with Gasteiger partial charge in [-0.2, -0.15) is 0 Å². The van der Waals surface area contributed by atoms with Gasteiger partial charge in [-0.3, -0.25) is 4.90 Å². The molecule has 3 heteroatoms. The van der Waals surface area contributed by atoms with E-state index in [2.05, 4.69) is 0 Å². The predicted octanol–water partition coefficient (Wildman–Crippen LogP) is 2.81. The molecule has 0 radical (unpaired) electrons. The van der Waals surface area contributed by atoms with Gasteiger partial charge in [-0.15, -0.1) is 0 Å². The van der Waals surface area contributed by atoms with Crippen molar-refractivity contribution in [1.82, 2.24) is 0 Å². The maximum absolute atomic E-state index is 10.9. The molecule has 0 bridgehead atoms. The highest BCUT2D eigenvalue weighted by Crippen LogP contribution is 2.21. The molecule has 0 spiro atoms. The van der Waals surface area contributed by atoms with Gasteiger partial charge in [0.2, 0.25) is 0 Å². The summed E-state index contributed by atoms with van der Waals surface area (Å²) < 4.78 is 0. The lowest BCUT2D eigenvalue weighted by atomic mass is 10.1. The molecule has 0 aromatic heterocycles. The number of benzene rings is 1. The maximum atomic E-state index is 10.9. The first-order chi connectivity index (χ1) is 6.56. The fraction of sp³-hybridized carbons (Fsp3) is 0.364. The fourth-order valence-electron chi connectivity index (χ4n) is 1.42. The summed E-state index contributed by atoms with van der Waals surface area (Å²) in [4.78, 5) is 12.3. The normalized spacial score (nSPS) is 9.93. The minimum absolute atomic E-state index is 0.472. The molecule has 0 aliphatic rings. The summed E-state index contributed by atoms with van der Waals surface area (Å²) in [6, 6.07) is 5.82. The molecular formula is C11H15NO2. The quantitative estimate of drug-likeness (QED) is 0.784. The largest absolute Gasteiger partial charge is 0.465 e. The smallest absolute Gasteiger partial charge is 0.411 e. The number of hydrogen-bond acceptors (Lipinski definition) is 1. The van der Waals surface area contributed by atoms with E-state index in [-0.39, 0.29) is 0 Å². The molecule has 0 aliphatic heterocycles. The summed E-state index contributed by atoms with van der Waals surface area (Å²) in [5, 5.41) is 8.97. The molecule has 0 atom stereocenters. The van der Waals surface area contributed by atoms with Gasteiger partial charge in [0.05, 0.1) is 5.69 Å². The van der Waals surface area contributed by atoms with Crippen LogP contribution in [0.15, 0.2) is 18.2 Å². The zero-order chi connectivity index (χ0) is 10.7. The van der Waals surface area contributed by atoms with Crippen molar-refractivity contribution >= 4 is 11.8 Å². The SMILES string of the molecule is CCN(C(=O)O)c1cc(C)ccc1C. The van der Waals surface area contributed by atoms with Crippen molar-refractivity contribution in [1.29, 1.82) is 0 Å². The highest BCUT2D eigenvalue weighted by molar-refractivity contribution is 5.87. The Labute approximate surface area is 84.0 Å². The minimum atomic E-state index is -0.902. The van der Waals surface area contributed by atoms with E-state index in [1.54, 1.807) is 0 Å². The molecule has 1 N–H and O–H groups in total. The van der Waals surface area contributed by atoms with Crippen LogP contribution in [0, 0.1) is 13.8 Å². The number of rotatable bonds is 2. The van der Waals surface area contributed by atoms with E-state index < -0.39 is 6.09 Å². The summed E-state index contributed by atoms with van der Waals surface area (Å²) >= 11 is 0. The molecule has 1 aromatic carbocycles. The van der Waals surface area contributed by atoms with Crippen LogP contribution in [0.2, 0.25) is 0 Å². The lowest BCUT2D eigenvalue weighted by Crippen LogP contribution is -2.29. The highest BCUT2D eigenvalue weighted by Gasteiger charge is 2.13. The molecule has 0 unspecified atom stereocenters. The molecule has 76 valence electrons. The standard InChI is InChI=1S/C11H15NO2/c1-4-12(11(13)14)10-7-8(2)5-6-9(10)3/h5-7H,4H2,1-3H3,(H,13,14). The van der Waals surface area contributed by atoms with Crippen molar-refractivity contribution < 1.29 is 9.90 Å². The Morgan fingerprint density at radius 2 is 2.07 bits per heavy atom. The van der Waals surface area contributed by atoms with Crippen molar-refractivity contribution in [3.8, 4) is 0 Å². The van der Waals surface area contributed by atoms with E-state index >= 15 is 0 Å². The van der Waals surface area contributed by atoms with Crippen LogP contribution in [0.1, 0.15) is 18.1 Å². The third-order valence-corrected chi connectivity index (χ3v) is 2.20. The predicted molar refractivity (Wildman–Crippen MR) is 57.0 cm³/mol. The first-order valence-electron chi connectivity index (χ1n) is 4.64. The first kappa shape index (κ1) is 10.6. The van der Waals surface area contributed by atoms with E-state index in [0.29, 0.717) is 6.54 Å². The Hall–Kier alpha value is -1.51. The van der Waals surface area contributed by atoms with Gasteiger partial charge in [0.1, 0.15) is 0 Å². The zero-order valence-electron chi connectivity index (χ0n) is 8.74. The van der Waals surface area contributed by atoms with E-state index in [1.165, 1.54) is 4.90 Å². The molecule has 0 saturated heterocycles. The van der Waals surface area contributed by atoms with Gasteiger partial charge < -0.3 is 5.11 Å². The topological polar surface area (TPSA) is 40.5 Å². The van der Waals surface area contributed by atoms with Crippen LogP contribution in [0.5, 0.6) is 0 Å². The van der Waals surface area contributed by atoms with Crippen molar-refractivity contribution in [2.24, 2.45) is 0 Å². The Morgan fingerprint density at radius 1 is 1.43 bits per heavy atom. The molecule has 0 heterocycles. The fourth-order valence-corrected chi connectivity index (χ4v) is 1.42. The van der Waals surface area contributed by atoms with Crippen LogP contribution < -0.4 is 4.90 Å². The lowest BCUT2D eigenvalue weighted by Gasteiger charge is -2.19. The Kier molecular flexibility index (Phi) is 3.12. The van der Waals surface area contributed by atoms with Gasteiger partial charge in [-0.25, -0.2) is 4.79 Å². The van der Waals surface area contributed by atoms with Gasteiger partial charge in [0.15, 0.2) is 0 Å². The second kappa shape index (κ2) is 4.13. The van der Waals surface area contributed by atoms with Gasteiger partial charge in [-0.05, 0) is 38.0 Å². The number of hydrogen-bond donors (Lipinski definition) is 1. The monoisotopic (exact) mass is 193 g/mol. The average molecular weight is 193 g/mol. The molecule has 1 aromatic rings. The van der Waals surface area contributed by atoms with Crippen LogP contribution in [0.4, 0.5) is 10.5 Å². The molecular weight excluding hydrogens is 178 g/mol. The zero-order valence-corrected chi connectivity index (χ0v) is 8.74. The molecule has 1 amide bonds. The Balaban J connectivity index is 3.15. The van der Waals surface area contributed by atoms with Crippen molar-refractivity contribution in [2.75, 3.05) is 11.4 Å². The molecule has 0 aliphatic carbocycles. The van der Waals surface area contributed by atoms with Gasteiger partial charge in [-0.1, -0.05) is 12.1 Å². The van der Waals surface area contributed by atoms with E-state index in [0.717, 1.165) is 16.8 Å². The summed E-state index contributed by atoms with van der Waals surface area (Å²) in [6.07, 6.45) is -0.902. The van der Waals surface area contributed by atoms with Crippen molar-refractivity contribution in [2.45, 2.75) is 20.8 Å². The van der Waals surface area contributed by atoms with E-state index in [4.69, 9.17) is 5.11 Å². The van der Waals surface area contributed by atoms with Gasteiger partial charge in [0.25, 0.3) is 0 Å². The molecule has 14 heavy (non-hydrogen) atoms. The maximum Gasteiger partial charge on any atom is 0.411 e. The summed E-state index contributed by atoms with van der Waals surface area (Å²) in [6.45, 7) is 6.18. The summed E-state index contributed by atoms with van der Waals surface area (Å²) in [5.74, 6) is 0. The van der Waals surface area contributed by atoms with Crippen LogP contribution >= 0.6 is 0 Å². The van der Waals surface area contributed by atoms with Crippen molar-refractivity contribution in [3.63, 3.8) is 0 Å². The Morgan fingerprint density at radius 3 is 2.57 bits per heavy atom. The number of anilines is 1. The van der Waals surface area contributed by atoms with Gasteiger partial charge in [0, 0.05) is 6.54 Å². The van der Waals surface area contributed by atoms with Crippen LogP contribution in [-0.2, 0) is 0 Å². The summed E-state index contributed by atoms with van der Waals surface area (Å²) in [7, 11) is 0. The van der Waals surface area contributed by atoms with E-state index in [9.17, 15) is 4.79 Å². The van der Waals surface area contributed by atoms with Crippen LogP contribution in [-0.4, -0.2) is 17.7 Å². The number of carboxylic acid groups (broad SMARTS) is 1. The van der Waals surface area contributed by atoms with Crippen LogP contribution in [0.25, 0.3) is 0 Å². The molecule has 0 fully saturated rings. The van der Waals surface area contributed by atoms with Gasteiger partial charge >= 0.3 is 6.09 Å². The number of nitrogens with zero attached hydrogens (tertiary/aromatic N) is 1. The third-order valence-electron chi connectivity index (χ3n) is 2.20. The lowest BCUT2D eigenvalue weighted by molar-refractivity contribution is 0.202. The number of carbonyl (C=O) groups is 1. The molecule has 0 saturated carbocycles. The van der Waals surface area contributed by atoms with Crippen LogP contribution in [0.3, 0.4) is 0 Å². The van der Waals surface area contributed by atoms with E-state index in [1.807, 2.05) is 39.0 Å². The third kappa shape index (κ3) is 2.05. The highest BCUT2D eigenvalue weighted by atomic mass is 16.4. The summed E-state index contributed by atoms with van der Waals surface area (Å²) in [5.41, 5.74) is 2.84. The van der Waals surface area contributed by atoms with Crippen molar-refractivity contribution in [3.05, 3.63) is 29.3 Å². The number of aryl methyl sites for hydroxylation is 2. The Bertz CT molecular complexity index is 347. The second-order valence-electron chi connectivity index (χ2n) is 3.32. The first-order valence-corrected chi connectivity index (χ1v) is 4.64. The molecule has 3 nitrogen and oxygen atoms in total. The number of amides is 1. The molecule has 1 rings (SSSR count). The minimum Gasteiger partial charge on any atom is -0.465 e.